The molecule has 2 amide bonds. The average molecular weight is 421 g/mol. The van der Waals surface area contributed by atoms with Crippen LogP contribution < -0.4 is 20.1 Å². The van der Waals surface area contributed by atoms with Crippen molar-refractivity contribution < 1.29 is 19.4 Å². The van der Waals surface area contributed by atoms with Crippen LogP contribution in [0.4, 0.5) is 10.5 Å². The standard InChI is InChI=1S/C24H27N3O4/c1-16-4-5-18(19-8-11-23(31-3)25-13-19)12-22(16)27-24(29)26-14-20(15-28)17-6-9-21(30-2)10-7-17/h4-13,20,28H,14-15H2,1-3H3,(H2,26,27,29). The summed E-state index contributed by atoms with van der Waals surface area (Å²) in [6, 6.07) is 16.7. The van der Waals surface area contributed by atoms with Crippen LogP contribution in [0.2, 0.25) is 0 Å². The van der Waals surface area contributed by atoms with Crippen molar-refractivity contribution in [3.8, 4) is 22.8 Å². The highest BCUT2D eigenvalue weighted by Gasteiger charge is 2.13. The maximum Gasteiger partial charge on any atom is 0.319 e. The lowest BCUT2D eigenvalue weighted by Crippen LogP contribution is -2.33. The van der Waals surface area contributed by atoms with Crippen molar-refractivity contribution in [1.82, 2.24) is 10.3 Å². The van der Waals surface area contributed by atoms with Gasteiger partial charge in [-0.1, -0.05) is 24.3 Å². The van der Waals surface area contributed by atoms with Gasteiger partial charge in [0.15, 0.2) is 0 Å². The van der Waals surface area contributed by atoms with E-state index in [1.807, 2.05) is 55.5 Å². The third-order valence-corrected chi connectivity index (χ3v) is 5.08. The van der Waals surface area contributed by atoms with Gasteiger partial charge in [0, 0.05) is 36.0 Å². The Balaban J connectivity index is 1.64. The zero-order valence-electron chi connectivity index (χ0n) is 17.9. The number of ether oxygens (including phenoxy) is 2. The largest absolute Gasteiger partial charge is 0.497 e. The maximum atomic E-state index is 12.5. The molecule has 0 aliphatic rings. The first kappa shape index (κ1) is 22.1. The van der Waals surface area contributed by atoms with E-state index in [0.717, 1.165) is 28.0 Å². The van der Waals surface area contributed by atoms with E-state index in [1.165, 1.54) is 0 Å². The first-order chi connectivity index (χ1) is 15.0. The van der Waals surface area contributed by atoms with Crippen LogP contribution in [0.1, 0.15) is 17.0 Å². The van der Waals surface area contributed by atoms with Crippen molar-refractivity contribution in [2.45, 2.75) is 12.8 Å². The zero-order valence-corrected chi connectivity index (χ0v) is 17.9. The molecule has 0 bridgehead atoms. The van der Waals surface area contributed by atoms with Gasteiger partial charge >= 0.3 is 6.03 Å². The van der Waals surface area contributed by atoms with Gasteiger partial charge in [-0.2, -0.15) is 0 Å². The summed E-state index contributed by atoms with van der Waals surface area (Å²) in [5, 5.41) is 15.5. The van der Waals surface area contributed by atoms with Crippen LogP contribution in [0.25, 0.3) is 11.1 Å². The van der Waals surface area contributed by atoms with Crippen LogP contribution in [-0.4, -0.2) is 43.5 Å². The van der Waals surface area contributed by atoms with Crippen molar-refractivity contribution in [2.75, 3.05) is 32.7 Å². The minimum absolute atomic E-state index is 0.0778. The van der Waals surface area contributed by atoms with E-state index in [9.17, 15) is 9.90 Å². The van der Waals surface area contributed by atoms with E-state index >= 15 is 0 Å². The smallest absolute Gasteiger partial charge is 0.319 e. The summed E-state index contributed by atoms with van der Waals surface area (Å²) in [6.07, 6.45) is 1.73. The van der Waals surface area contributed by atoms with Crippen LogP contribution in [0, 0.1) is 6.92 Å². The topological polar surface area (TPSA) is 92.7 Å². The highest BCUT2D eigenvalue weighted by Crippen LogP contribution is 2.26. The van der Waals surface area contributed by atoms with E-state index < -0.39 is 0 Å². The molecule has 2 aromatic carbocycles. The van der Waals surface area contributed by atoms with Gasteiger partial charge in [-0.05, 0) is 47.9 Å². The lowest BCUT2D eigenvalue weighted by Gasteiger charge is -2.17. The van der Waals surface area contributed by atoms with Crippen molar-refractivity contribution >= 4 is 11.7 Å². The minimum atomic E-state index is -0.333. The number of nitrogens with one attached hydrogen (secondary N) is 2. The molecule has 1 unspecified atom stereocenters. The molecule has 0 spiro atoms. The van der Waals surface area contributed by atoms with E-state index in [0.29, 0.717) is 18.1 Å². The quantitative estimate of drug-likeness (QED) is 0.512. The van der Waals surface area contributed by atoms with Gasteiger partial charge in [-0.15, -0.1) is 0 Å². The maximum absolute atomic E-state index is 12.5. The van der Waals surface area contributed by atoms with Crippen molar-refractivity contribution in [3.63, 3.8) is 0 Å². The second-order valence-electron chi connectivity index (χ2n) is 7.11. The molecule has 1 atom stereocenters. The fraction of sp³-hybridized carbons (Fsp3) is 0.250. The number of pyridine rings is 1. The lowest BCUT2D eigenvalue weighted by atomic mass is 10.00. The van der Waals surface area contributed by atoms with E-state index in [4.69, 9.17) is 9.47 Å². The number of methoxy groups -OCH3 is 2. The molecule has 162 valence electrons. The van der Waals surface area contributed by atoms with Gasteiger partial charge in [0.05, 0.1) is 20.8 Å². The SMILES string of the molecule is COc1ccc(C(CO)CNC(=O)Nc2cc(-c3ccc(OC)nc3)ccc2C)cc1. The second kappa shape index (κ2) is 10.4. The number of aliphatic hydroxyl groups excluding tert-OH is 1. The summed E-state index contributed by atoms with van der Waals surface area (Å²) < 4.78 is 10.3. The molecule has 1 aromatic heterocycles. The van der Waals surface area contributed by atoms with Gasteiger partial charge in [-0.3, -0.25) is 0 Å². The van der Waals surface area contributed by atoms with Gasteiger partial charge in [0.2, 0.25) is 5.88 Å². The molecule has 0 aliphatic heterocycles. The van der Waals surface area contributed by atoms with Crippen LogP contribution >= 0.6 is 0 Å². The molecule has 0 saturated carbocycles. The number of carbonyl (C=O) groups is 1. The van der Waals surface area contributed by atoms with E-state index in [-0.39, 0.29) is 18.6 Å². The molecule has 3 N–H and O–H groups in total. The number of aromatic nitrogens is 1. The number of amides is 2. The number of rotatable bonds is 8. The number of hydrogen-bond acceptors (Lipinski definition) is 5. The van der Waals surface area contributed by atoms with Gasteiger partial charge < -0.3 is 25.2 Å². The molecule has 0 saturated heterocycles. The lowest BCUT2D eigenvalue weighted by molar-refractivity contribution is 0.243. The summed E-state index contributed by atoms with van der Waals surface area (Å²) in [4.78, 5) is 16.7. The Hall–Kier alpha value is -3.58. The monoisotopic (exact) mass is 421 g/mol. The number of urea groups is 1. The molecule has 7 heteroatoms. The summed E-state index contributed by atoms with van der Waals surface area (Å²) in [7, 11) is 3.18. The third kappa shape index (κ3) is 5.73. The normalized spacial score (nSPS) is 11.5. The Morgan fingerprint density at radius 1 is 1.03 bits per heavy atom. The van der Waals surface area contributed by atoms with Crippen LogP contribution in [0.5, 0.6) is 11.6 Å². The Morgan fingerprint density at radius 3 is 2.39 bits per heavy atom. The summed E-state index contributed by atoms with van der Waals surface area (Å²) in [5.74, 6) is 1.08. The van der Waals surface area contributed by atoms with Crippen molar-refractivity contribution in [3.05, 3.63) is 71.9 Å². The number of anilines is 1. The van der Waals surface area contributed by atoms with Gasteiger partial charge in [-0.25, -0.2) is 9.78 Å². The fourth-order valence-corrected chi connectivity index (χ4v) is 3.15. The number of aliphatic hydroxyl groups is 1. The Kier molecular flexibility index (Phi) is 7.45. The molecule has 0 radical (unpaired) electrons. The summed E-state index contributed by atoms with van der Waals surface area (Å²) >= 11 is 0. The van der Waals surface area contributed by atoms with Gasteiger partial charge in [0.1, 0.15) is 5.75 Å². The zero-order chi connectivity index (χ0) is 22.2. The number of hydrogen-bond donors (Lipinski definition) is 3. The number of nitrogens with zero attached hydrogens (tertiary/aromatic N) is 1. The molecule has 3 aromatic rings. The first-order valence-corrected chi connectivity index (χ1v) is 9.94. The highest BCUT2D eigenvalue weighted by molar-refractivity contribution is 5.91. The average Bonchev–Trinajstić information content (AvgIpc) is 2.81. The molecule has 3 rings (SSSR count). The highest BCUT2D eigenvalue weighted by atomic mass is 16.5. The Labute approximate surface area is 182 Å². The van der Waals surface area contributed by atoms with E-state index in [1.54, 1.807) is 26.5 Å². The van der Waals surface area contributed by atoms with Crippen LogP contribution in [0.3, 0.4) is 0 Å². The predicted molar refractivity (Wildman–Crippen MR) is 121 cm³/mol. The molecule has 7 nitrogen and oxygen atoms in total. The Bertz CT molecular complexity index is 1000. The number of carbonyl (C=O) groups excluding carboxylic acids is 1. The number of benzene rings is 2. The molecule has 31 heavy (non-hydrogen) atoms. The summed E-state index contributed by atoms with van der Waals surface area (Å²) in [6.45, 7) is 2.15. The predicted octanol–water partition coefficient (Wildman–Crippen LogP) is 3.97. The first-order valence-electron chi connectivity index (χ1n) is 9.94. The molecular weight excluding hydrogens is 394 g/mol. The van der Waals surface area contributed by atoms with Crippen molar-refractivity contribution in [1.29, 1.82) is 0 Å². The fourth-order valence-electron chi connectivity index (χ4n) is 3.15. The molecule has 1 heterocycles. The number of aryl methyl sites for hydroxylation is 1. The molecule has 0 aliphatic carbocycles. The third-order valence-electron chi connectivity index (χ3n) is 5.08. The van der Waals surface area contributed by atoms with Gasteiger partial charge in [0.25, 0.3) is 0 Å². The van der Waals surface area contributed by atoms with Crippen molar-refractivity contribution in [2.24, 2.45) is 0 Å². The minimum Gasteiger partial charge on any atom is -0.497 e. The molecule has 0 fully saturated rings. The molecular formula is C24H27N3O4. The van der Waals surface area contributed by atoms with Crippen LogP contribution in [0.15, 0.2) is 60.8 Å². The van der Waals surface area contributed by atoms with Crippen LogP contribution in [-0.2, 0) is 0 Å². The van der Waals surface area contributed by atoms with E-state index in [2.05, 4.69) is 15.6 Å². The second-order valence-corrected chi connectivity index (χ2v) is 7.11. The Morgan fingerprint density at radius 2 is 1.77 bits per heavy atom. The summed E-state index contributed by atoms with van der Waals surface area (Å²) in [5.41, 5.74) is 4.42.